The van der Waals surface area contributed by atoms with E-state index in [1.807, 2.05) is 6.07 Å². The van der Waals surface area contributed by atoms with Crippen LogP contribution >= 0.6 is 23.1 Å². The molecule has 1 saturated carbocycles. The van der Waals surface area contributed by atoms with Crippen molar-refractivity contribution in [1.82, 2.24) is 4.98 Å². The first-order valence-corrected chi connectivity index (χ1v) is 10.8. The molecule has 2 heterocycles. The Kier molecular flexibility index (Phi) is 5.36. The van der Waals surface area contributed by atoms with Gasteiger partial charge >= 0.3 is 5.97 Å². The molecule has 146 valence electrons. The summed E-state index contributed by atoms with van der Waals surface area (Å²) in [6.45, 7) is 0. The smallest absolute Gasteiger partial charge is 0.350 e. The van der Waals surface area contributed by atoms with Crippen LogP contribution in [0.1, 0.15) is 57.3 Å². The largest absolute Gasteiger partial charge is 0.465 e. The summed E-state index contributed by atoms with van der Waals surface area (Å²) in [7, 11) is 1.35. The molecule has 0 unspecified atom stereocenters. The summed E-state index contributed by atoms with van der Waals surface area (Å²) >= 11 is 2.58. The number of methoxy groups -OCH3 is 1. The summed E-state index contributed by atoms with van der Waals surface area (Å²) in [5, 5.41) is 5.94. The highest BCUT2D eigenvalue weighted by atomic mass is 32.2. The molecular weight excluding hydrogens is 398 g/mol. The zero-order chi connectivity index (χ0) is 19.7. The lowest BCUT2D eigenvalue weighted by atomic mass is 10.0. The molecule has 2 N–H and O–H groups in total. The quantitative estimate of drug-likeness (QED) is 0.733. The highest BCUT2D eigenvalue weighted by molar-refractivity contribution is 8.00. The van der Waals surface area contributed by atoms with Crippen LogP contribution < -0.4 is 10.6 Å². The van der Waals surface area contributed by atoms with Crippen LogP contribution in [0.4, 0.5) is 10.8 Å². The van der Waals surface area contributed by atoms with E-state index in [1.54, 1.807) is 12.1 Å². The molecule has 2 aromatic rings. The van der Waals surface area contributed by atoms with Gasteiger partial charge in [0, 0.05) is 16.4 Å². The van der Waals surface area contributed by atoms with Gasteiger partial charge in [-0.25, -0.2) is 9.78 Å². The van der Waals surface area contributed by atoms with E-state index in [0.29, 0.717) is 27.0 Å². The summed E-state index contributed by atoms with van der Waals surface area (Å²) in [6, 6.07) is 5.19. The zero-order valence-electron chi connectivity index (χ0n) is 15.2. The minimum Gasteiger partial charge on any atom is -0.465 e. The number of amides is 2. The third kappa shape index (κ3) is 3.77. The molecule has 0 saturated heterocycles. The van der Waals surface area contributed by atoms with Gasteiger partial charge in [0.05, 0.1) is 24.2 Å². The fourth-order valence-corrected chi connectivity index (χ4v) is 5.25. The second-order valence-corrected chi connectivity index (χ2v) is 8.72. The third-order valence-electron chi connectivity index (χ3n) is 4.86. The number of fused-ring (bicyclic) bond motifs is 1. The molecule has 2 amide bonds. The van der Waals surface area contributed by atoms with Gasteiger partial charge in [-0.15, -0.1) is 11.8 Å². The van der Waals surface area contributed by atoms with Crippen molar-refractivity contribution in [2.24, 2.45) is 0 Å². The number of thiazole rings is 1. The SMILES string of the molecule is COC(=O)c1sc(NC(=O)c2ccc3c(c2)NC(=O)CS3)nc1C1CCCC1. The minimum absolute atomic E-state index is 0.0843. The summed E-state index contributed by atoms with van der Waals surface area (Å²) in [6.07, 6.45) is 4.21. The van der Waals surface area contributed by atoms with Crippen molar-refractivity contribution >= 4 is 51.7 Å². The Morgan fingerprint density at radius 2 is 2.07 bits per heavy atom. The molecule has 0 atom stereocenters. The van der Waals surface area contributed by atoms with Crippen molar-refractivity contribution in [3.05, 3.63) is 34.3 Å². The number of ether oxygens (including phenoxy) is 1. The van der Waals surface area contributed by atoms with Crippen molar-refractivity contribution in [3.63, 3.8) is 0 Å². The highest BCUT2D eigenvalue weighted by Crippen LogP contribution is 2.39. The number of thioether (sulfide) groups is 1. The molecule has 0 radical (unpaired) electrons. The van der Waals surface area contributed by atoms with E-state index >= 15 is 0 Å². The Morgan fingerprint density at radius 3 is 2.82 bits per heavy atom. The first kappa shape index (κ1) is 18.9. The van der Waals surface area contributed by atoms with E-state index in [-0.39, 0.29) is 17.7 Å². The van der Waals surface area contributed by atoms with Crippen molar-refractivity contribution in [2.45, 2.75) is 36.5 Å². The van der Waals surface area contributed by atoms with Crippen molar-refractivity contribution in [2.75, 3.05) is 23.5 Å². The van der Waals surface area contributed by atoms with Crippen LogP contribution in [0.5, 0.6) is 0 Å². The average Bonchev–Trinajstić information content (AvgIpc) is 3.36. The average molecular weight is 418 g/mol. The lowest BCUT2D eigenvalue weighted by Crippen LogP contribution is -2.19. The molecule has 1 aliphatic heterocycles. The number of carbonyl (C=O) groups excluding carboxylic acids is 3. The van der Waals surface area contributed by atoms with Gasteiger partial charge in [-0.3, -0.25) is 14.9 Å². The molecule has 7 nitrogen and oxygen atoms in total. The number of esters is 1. The van der Waals surface area contributed by atoms with Crippen LogP contribution in [0.3, 0.4) is 0 Å². The molecule has 0 bridgehead atoms. The number of nitrogens with zero attached hydrogens (tertiary/aromatic N) is 1. The lowest BCUT2D eigenvalue weighted by molar-refractivity contribution is -0.113. The van der Waals surface area contributed by atoms with Crippen LogP contribution in [-0.2, 0) is 9.53 Å². The topological polar surface area (TPSA) is 97.4 Å². The molecule has 1 aliphatic carbocycles. The molecule has 0 spiro atoms. The van der Waals surface area contributed by atoms with Crippen molar-refractivity contribution < 1.29 is 19.1 Å². The van der Waals surface area contributed by atoms with Gasteiger partial charge in [-0.1, -0.05) is 24.2 Å². The number of anilines is 2. The van der Waals surface area contributed by atoms with Gasteiger partial charge in [-0.05, 0) is 31.0 Å². The minimum atomic E-state index is -0.423. The van der Waals surface area contributed by atoms with Gasteiger partial charge < -0.3 is 10.1 Å². The first-order chi connectivity index (χ1) is 13.5. The molecule has 1 aromatic carbocycles. The Balaban J connectivity index is 1.57. The number of rotatable bonds is 4. The molecular formula is C19H19N3O4S2. The summed E-state index contributed by atoms with van der Waals surface area (Å²) in [4.78, 5) is 42.3. The summed E-state index contributed by atoms with van der Waals surface area (Å²) < 4.78 is 4.89. The van der Waals surface area contributed by atoms with Crippen LogP contribution in [0.25, 0.3) is 0 Å². The Hall–Kier alpha value is -2.39. The van der Waals surface area contributed by atoms with E-state index in [2.05, 4.69) is 15.6 Å². The van der Waals surface area contributed by atoms with E-state index in [0.717, 1.165) is 47.6 Å². The maximum absolute atomic E-state index is 12.7. The molecule has 2 aliphatic rings. The van der Waals surface area contributed by atoms with Crippen molar-refractivity contribution in [3.8, 4) is 0 Å². The zero-order valence-corrected chi connectivity index (χ0v) is 16.9. The summed E-state index contributed by atoms with van der Waals surface area (Å²) in [5.41, 5.74) is 1.77. The van der Waals surface area contributed by atoms with E-state index in [1.165, 1.54) is 18.9 Å². The molecule has 4 rings (SSSR count). The normalized spacial score (nSPS) is 16.4. The van der Waals surface area contributed by atoms with E-state index in [9.17, 15) is 14.4 Å². The standard InChI is InChI=1S/C19H19N3O4S2/c1-26-18(25)16-15(10-4-2-3-5-10)21-19(28-16)22-17(24)11-6-7-13-12(8-11)20-14(23)9-27-13/h6-8,10H,2-5,9H2,1H3,(H,20,23)(H,21,22,24). The molecule has 9 heteroatoms. The summed E-state index contributed by atoms with van der Waals surface area (Å²) in [5.74, 6) is -0.243. The first-order valence-electron chi connectivity index (χ1n) is 9.02. The number of hydrogen-bond acceptors (Lipinski definition) is 7. The maximum atomic E-state index is 12.7. The Labute approximate surface area is 170 Å². The van der Waals surface area contributed by atoms with Crippen LogP contribution in [-0.4, -0.2) is 35.6 Å². The third-order valence-corrected chi connectivity index (χ3v) is 6.90. The lowest BCUT2D eigenvalue weighted by Gasteiger charge is -2.16. The predicted molar refractivity (Wildman–Crippen MR) is 108 cm³/mol. The van der Waals surface area contributed by atoms with E-state index < -0.39 is 5.97 Å². The van der Waals surface area contributed by atoms with Gasteiger partial charge in [-0.2, -0.15) is 0 Å². The van der Waals surface area contributed by atoms with E-state index in [4.69, 9.17) is 4.74 Å². The van der Waals surface area contributed by atoms with Gasteiger partial charge in [0.15, 0.2) is 5.13 Å². The van der Waals surface area contributed by atoms with Gasteiger partial charge in [0.2, 0.25) is 5.91 Å². The monoisotopic (exact) mass is 417 g/mol. The number of benzene rings is 1. The fraction of sp³-hybridized carbons (Fsp3) is 0.368. The Morgan fingerprint density at radius 1 is 1.29 bits per heavy atom. The van der Waals surface area contributed by atoms with Crippen LogP contribution in [0, 0.1) is 0 Å². The molecule has 28 heavy (non-hydrogen) atoms. The van der Waals surface area contributed by atoms with Gasteiger partial charge in [0.1, 0.15) is 4.88 Å². The number of aromatic nitrogens is 1. The second-order valence-electron chi connectivity index (χ2n) is 6.71. The fourth-order valence-electron chi connectivity index (χ4n) is 3.49. The number of carbonyl (C=O) groups is 3. The molecule has 1 aromatic heterocycles. The number of nitrogens with one attached hydrogen (secondary N) is 2. The Bertz CT molecular complexity index is 951. The maximum Gasteiger partial charge on any atom is 0.350 e. The van der Waals surface area contributed by atoms with Crippen LogP contribution in [0.2, 0.25) is 0 Å². The predicted octanol–water partition coefficient (Wildman–Crippen LogP) is 3.88. The second kappa shape index (κ2) is 7.92. The van der Waals surface area contributed by atoms with Crippen LogP contribution in [0.15, 0.2) is 23.1 Å². The molecule has 1 fully saturated rings. The van der Waals surface area contributed by atoms with Crippen molar-refractivity contribution in [1.29, 1.82) is 0 Å². The number of hydrogen-bond donors (Lipinski definition) is 2. The highest BCUT2D eigenvalue weighted by Gasteiger charge is 2.28. The van der Waals surface area contributed by atoms with Gasteiger partial charge in [0.25, 0.3) is 5.91 Å².